The van der Waals surface area contributed by atoms with Crippen LogP contribution in [0.2, 0.25) is 0 Å². The molecule has 1 saturated carbocycles. The summed E-state index contributed by atoms with van der Waals surface area (Å²) in [6.45, 7) is 6.68. The number of carboxylic acids is 2. The molecule has 0 spiro atoms. The quantitative estimate of drug-likeness (QED) is 0.469. The molecule has 2 atom stereocenters. The first-order valence-electron chi connectivity index (χ1n) is 9.57. The number of carbonyl (C=O) groups excluding carboxylic acids is 1. The average molecular weight is 370 g/mol. The molecule has 1 unspecified atom stereocenters. The molecule has 1 fully saturated rings. The van der Waals surface area contributed by atoms with E-state index < -0.39 is 29.9 Å². The molecule has 1 rings (SSSR count). The molecule has 0 saturated heterocycles. The van der Waals surface area contributed by atoms with Crippen molar-refractivity contribution in [3.63, 3.8) is 0 Å². The van der Waals surface area contributed by atoms with Crippen LogP contribution in [0.4, 0.5) is 0 Å². The van der Waals surface area contributed by atoms with E-state index in [1.165, 1.54) is 6.42 Å². The number of carbonyl (C=O) groups is 3. The fraction of sp³-hybridized carbons (Fsp3) is 0.842. The molecule has 7 heteroatoms. The highest BCUT2D eigenvalue weighted by atomic mass is 16.4. The largest absolute Gasteiger partial charge is 0.481 e. The van der Waals surface area contributed by atoms with Gasteiger partial charge in [0.05, 0.1) is 12.5 Å². The van der Waals surface area contributed by atoms with Gasteiger partial charge in [-0.05, 0) is 30.7 Å². The SMILES string of the molecule is CC(C)(C)CCNC(CC(=O)O)C(=O)N[C@@H](CC1CCCCC1)C(=O)O. The van der Waals surface area contributed by atoms with Gasteiger partial charge in [0, 0.05) is 0 Å². The third kappa shape index (κ3) is 9.17. The number of aliphatic carboxylic acids is 2. The molecule has 1 aliphatic carbocycles. The van der Waals surface area contributed by atoms with Crippen molar-refractivity contribution in [2.75, 3.05) is 6.54 Å². The normalized spacial score (nSPS) is 18.1. The van der Waals surface area contributed by atoms with Gasteiger partial charge in [-0.15, -0.1) is 0 Å². The van der Waals surface area contributed by atoms with Crippen molar-refractivity contribution in [2.45, 2.75) is 84.2 Å². The van der Waals surface area contributed by atoms with Gasteiger partial charge in [0.25, 0.3) is 0 Å². The zero-order valence-corrected chi connectivity index (χ0v) is 16.2. The van der Waals surface area contributed by atoms with Gasteiger partial charge in [-0.1, -0.05) is 52.9 Å². The highest BCUT2D eigenvalue weighted by molar-refractivity contribution is 5.89. The van der Waals surface area contributed by atoms with Gasteiger partial charge in [-0.3, -0.25) is 9.59 Å². The molecule has 0 bridgehead atoms. The van der Waals surface area contributed by atoms with Crippen LogP contribution in [0, 0.1) is 11.3 Å². The summed E-state index contributed by atoms with van der Waals surface area (Å²) in [7, 11) is 0. The van der Waals surface area contributed by atoms with E-state index in [1.807, 2.05) is 0 Å². The van der Waals surface area contributed by atoms with Gasteiger partial charge in [0.2, 0.25) is 5.91 Å². The third-order valence-electron chi connectivity index (χ3n) is 4.87. The Morgan fingerprint density at radius 1 is 1.04 bits per heavy atom. The first-order chi connectivity index (χ1) is 12.1. The van der Waals surface area contributed by atoms with Crippen molar-refractivity contribution in [3.8, 4) is 0 Å². The van der Waals surface area contributed by atoms with E-state index in [1.54, 1.807) is 0 Å². The molecule has 7 nitrogen and oxygen atoms in total. The molecular formula is C19H34N2O5. The van der Waals surface area contributed by atoms with E-state index in [4.69, 9.17) is 5.11 Å². The van der Waals surface area contributed by atoms with Crippen molar-refractivity contribution in [1.82, 2.24) is 10.6 Å². The van der Waals surface area contributed by atoms with Crippen LogP contribution in [-0.4, -0.2) is 46.7 Å². The fourth-order valence-electron chi connectivity index (χ4n) is 3.30. The molecule has 1 aliphatic rings. The van der Waals surface area contributed by atoms with Gasteiger partial charge in [0.1, 0.15) is 6.04 Å². The maximum Gasteiger partial charge on any atom is 0.326 e. The Hall–Kier alpha value is -1.63. The molecule has 0 aromatic heterocycles. The first-order valence-corrected chi connectivity index (χ1v) is 9.57. The van der Waals surface area contributed by atoms with E-state index in [0.717, 1.165) is 32.1 Å². The number of nitrogens with one attached hydrogen (secondary N) is 2. The predicted molar refractivity (Wildman–Crippen MR) is 98.9 cm³/mol. The summed E-state index contributed by atoms with van der Waals surface area (Å²) >= 11 is 0. The lowest BCUT2D eigenvalue weighted by Gasteiger charge is -2.27. The minimum Gasteiger partial charge on any atom is -0.481 e. The van der Waals surface area contributed by atoms with Crippen molar-refractivity contribution >= 4 is 17.8 Å². The molecular weight excluding hydrogens is 336 g/mol. The second-order valence-corrected chi connectivity index (χ2v) is 8.55. The predicted octanol–water partition coefficient (Wildman–Crippen LogP) is 2.40. The molecule has 0 aromatic rings. The van der Waals surface area contributed by atoms with Crippen LogP contribution < -0.4 is 10.6 Å². The second-order valence-electron chi connectivity index (χ2n) is 8.55. The van der Waals surface area contributed by atoms with Gasteiger partial charge in [-0.2, -0.15) is 0 Å². The third-order valence-corrected chi connectivity index (χ3v) is 4.87. The fourth-order valence-corrected chi connectivity index (χ4v) is 3.30. The van der Waals surface area contributed by atoms with Crippen molar-refractivity contribution in [1.29, 1.82) is 0 Å². The van der Waals surface area contributed by atoms with Crippen LogP contribution >= 0.6 is 0 Å². The number of hydrogen-bond acceptors (Lipinski definition) is 4. The molecule has 0 heterocycles. The summed E-state index contributed by atoms with van der Waals surface area (Å²) in [5.41, 5.74) is 0.0574. The van der Waals surface area contributed by atoms with E-state index in [9.17, 15) is 19.5 Å². The highest BCUT2D eigenvalue weighted by Gasteiger charge is 2.29. The monoisotopic (exact) mass is 370 g/mol. The van der Waals surface area contributed by atoms with Crippen LogP contribution in [0.3, 0.4) is 0 Å². The van der Waals surface area contributed by atoms with Crippen molar-refractivity contribution < 1.29 is 24.6 Å². The Bertz CT molecular complexity index is 481. The van der Waals surface area contributed by atoms with Gasteiger partial charge in [0.15, 0.2) is 0 Å². The number of amides is 1. The zero-order chi connectivity index (χ0) is 19.7. The number of rotatable bonds is 10. The van der Waals surface area contributed by atoms with Crippen LogP contribution in [0.5, 0.6) is 0 Å². The Labute approximate surface area is 155 Å². The smallest absolute Gasteiger partial charge is 0.326 e. The van der Waals surface area contributed by atoms with Gasteiger partial charge < -0.3 is 20.8 Å². The summed E-state index contributed by atoms with van der Waals surface area (Å²) < 4.78 is 0. The van der Waals surface area contributed by atoms with Crippen LogP contribution in [0.25, 0.3) is 0 Å². The molecule has 150 valence electrons. The Balaban J connectivity index is 2.64. The molecule has 0 aliphatic heterocycles. The highest BCUT2D eigenvalue weighted by Crippen LogP contribution is 2.27. The number of hydrogen-bond donors (Lipinski definition) is 4. The molecule has 0 radical (unpaired) electrons. The van der Waals surface area contributed by atoms with Gasteiger partial charge in [-0.25, -0.2) is 4.79 Å². The van der Waals surface area contributed by atoms with E-state index in [2.05, 4.69) is 31.4 Å². The maximum atomic E-state index is 12.5. The summed E-state index contributed by atoms with van der Waals surface area (Å²) in [4.78, 5) is 35.1. The van der Waals surface area contributed by atoms with Crippen LogP contribution in [0.1, 0.15) is 72.1 Å². The number of carboxylic acid groups (broad SMARTS) is 2. The Morgan fingerprint density at radius 3 is 2.15 bits per heavy atom. The topological polar surface area (TPSA) is 116 Å². The molecule has 1 amide bonds. The summed E-state index contributed by atoms with van der Waals surface area (Å²) in [5.74, 6) is -2.40. The Kier molecular flexibility index (Phi) is 9.05. The standard InChI is InChI=1S/C19H34N2O5/c1-19(2,3)9-10-20-14(12-16(22)23)17(24)21-15(18(25)26)11-13-7-5-4-6-8-13/h13-15,20H,4-12H2,1-3H3,(H,21,24)(H,22,23)(H,25,26)/t14?,15-/m0/s1. The zero-order valence-electron chi connectivity index (χ0n) is 16.2. The lowest BCUT2D eigenvalue weighted by molar-refractivity contribution is -0.143. The lowest BCUT2D eigenvalue weighted by atomic mass is 9.84. The van der Waals surface area contributed by atoms with Crippen molar-refractivity contribution in [2.24, 2.45) is 11.3 Å². The second kappa shape index (κ2) is 10.5. The maximum absolute atomic E-state index is 12.5. The minimum atomic E-state index is -1.09. The summed E-state index contributed by atoms with van der Waals surface area (Å²) in [6, 6.07) is -1.89. The molecule has 26 heavy (non-hydrogen) atoms. The van der Waals surface area contributed by atoms with Crippen LogP contribution in [0.15, 0.2) is 0 Å². The van der Waals surface area contributed by atoms with E-state index >= 15 is 0 Å². The first kappa shape index (κ1) is 22.4. The minimum absolute atomic E-state index is 0.0574. The van der Waals surface area contributed by atoms with E-state index in [-0.39, 0.29) is 11.8 Å². The Morgan fingerprint density at radius 2 is 1.65 bits per heavy atom. The van der Waals surface area contributed by atoms with E-state index in [0.29, 0.717) is 18.9 Å². The summed E-state index contributed by atoms with van der Waals surface area (Å²) in [5, 5.41) is 24.0. The molecule has 4 N–H and O–H groups in total. The summed E-state index contributed by atoms with van der Waals surface area (Å²) in [6.07, 6.45) is 6.17. The van der Waals surface area contributed by atoms with Gasteiger partial charge >= 0.3 is 11.9 Å². The molecule has 0 aromatic carbocycles. The van der Waals surface area contributed by atoms with Crippen LogP contribution in [-0.2, 0) is 14.4 Å². The lowest BCUT2D eigenvalue weighted by Crippen LogP contribution is -2.51. The average Bonchev–Trinajstić information content (AvgIpc) is 2.52. The van der Waals surface area contributed by atoms with Crippen molar-refractivity contribution in [3.05, 3.63) is 0 Å².